The topological polar surface area (TPSA) is 52.6 Å². The summed E-state index contributed by atoms with van der Waals surface area (Å²) in [7, 11) is 0. The number of fused-ring (bicyclic) bond motifs is 1. The van der Waals surface area contributed by atoms with Gasteiger partial charge in [0.1, 0.15) is 0 Å². The maximum Gasteiger partial charge on any atom is 0.191 e. The van der Waals surface area contributed by atoms with E-state index in [4.69, 9.17) is 4.99 Å². The van der Waals surface area contributed by atoms with Gasteiger partial charge in [-0.05, 0) is 43.0 Å². The van der Waals surface area contributed by atoms with Gasteiger partial charge in [-0.15, -0.1) is 24.0 Å². The highest BCUT2D eigenvalue weighted by Gasteiger charge is 2.14. The summed E-state index contributed by atoms with van der Waals surface area (Å²) >= 11 is 0. The Morgan fingerprint density at radius 2 is 1.93 bits per heavy atom. The normalized spacial score (nSPS) is 14.1. The Kier molecular flexibility index (Phi) is 10.3. The van der Waals surface area contributed by atoms with Crippen molar-refractivity contribution in [3.05, 3.63) is 65.5 Å². The molecule has 0 aliphatic carbocycles. The van der Waals surface area contributed by atoms with E-state index >= 15 is 0 Å². The van der Waals surface area contributed by atoms with Crippen LogP contribution in [0.5, 0.6) is 0 Å². The second-order valence-corrected chi connectivity index (χ2v) is 6.91. The van der Waals surface area contributed by atoms with Crippen LogP contribution in [0.15, 0.2) is 53.7 Å². The number of aromatic nitrogens is 1. The summed E-state index contributed by atoms with van der Waals surface area (Å²) in [6.45, 7) is 7.98. The third-order valence-electron chi connectivity index (χ3n) is 4.86. The number of rotatable bonds is 8. The third-order valence-corrected chi connectivity index (χ3v) is 4.86. The van der Waals surface area contributed by atoms with Gasteiger partial charge in [-0.1, -0.05) is 30.3 Å². The molecule has 0 spiro atoms. The number of nitrogens with one attached hydrogen (secondary N) is 2. The first-order valence-electron chi connectivity index (χ1n) is 10.1. The van der Waals surface area contributed by atoms with Crippen LogP contribution in [0.2, 0.25) is 0 Å². The van der Waals surface area contributed by atoms with Crippen molar-refractivity contribution in [2.75, 3.05) is 32.7 Å². The number of aliphatic imine (C=N–C) groups is 1. The van der Waals surface area contributed by atoms with Gasteiger partial charge in [0.25, 0.3) is 0 Å². The van der Waals surface area contributed by atoms with Gasteiger partial charge in [-0.2, -0.15) is 0 Å². The number of hydrogen-bond acceptors (Lipinski definition) is 3. The van der Waals surface area contributed by atoms with Crippen LogP contribution in [0.4, 0.5) is 0 Å². The fourth-order valence-electron chi connectivity index (χ4n) is 3.43. The Morgan fingerprint density at radius 1 is 1.11 bits per heavy atom. The number of nitrogens with zero attached hydrogens (tertiary/aromatic N) is 3. The van der Waals surface area contributed by atoms with Gasteiger partial charge in [0, 0.05) is 57.6 Å². The van der Waals surface area contributed by atoms with Crippen molar-refractivity contribution in [1.82, 2.24) is 20.5 Å². The zero-order valence-corrected chi connectivity index (χ0v) is 19.1. The molecule has 6 heteroatoms. The van der Waals surface area contributed by atoms with Crippen molar-refractivity contribution < 1.29 is 0 Å². The molecule has 0 radical (unpaired) electrons. The molecular weight excluding hydrogens is 461 g/mol. The van der Waals surface area contributed by atoms with Gasteiger partial charge in [-0.25, -0.2) is 0 Å². The highest BCUT2D eigenvalue weighted by Crippen LogP contribution is 2.18. The average Bonchev–Trinajstić information content (AvgIpc) is 2.72. The highest BCUT2D eigenvalue weighted by molar-refractivity contribution is 14.0. The Morgan fingerprint density at radius 3 is 2.71 bits per heavy atom. The molecule has 28 heavy (non-hydrogen) atoms. The summed E-state index contributed by atoms with van der Waals surface area (Å²) in [5.74, 6) is 0.900. The molecule has 2 aromatic rings. The van der Waals surface area contributed by atoms with Crippen LogP contribution in [0.1, 0.15) is 30.2 Å². The lowest BCUT2D eigenvalue weighted by Gasteiger charge is -2.28. The molecule has 1 aliphatic heterocycles. The number of halogens is 1. The predicted octanol–water partition coefficient (Wildman–Crippen LogP) is 3.25. The quantitative estimate of drug-likeness (QED) is 0.257. The average molecular weight is 493 g/mol. The Labute approximate surface area is 186 Å². The van der Waals surface area contributed by atoms with Crippen LogP contribution in [0, 0.1) is 0 Å². The summed E-state index contributed by atoms with van der Waals surface area (Å²) < 4.78 is 0. The lowest BCUT2D eigenvalue weighted by Crippen LogP contribution is -2.38. The van der Waals surface area contributed by atoms with Gasteiger partial charge < -0.3 is 10.6 Å². The summed E-state index contributed by atoms with van der Waals surface area (Å²) in [5.41, 5.74) is 4.10. The first kappa shape index (κ1) is 22.6. The lowest BCUT2D eigenvalue weighted by atomic mass is 10.00. The van der Waals surface area contributed by atoms with E-state index in [0.29, 0.717) is 0 Å². The fraction of sp³-hybridized carbons (Fsp3) is 0.455. The van der Waals surface area contributed by atoms with Crippen LogP contribution >= 0.6 is 24.0 Å². The molecular formula is C22H32IN5. The van der Waals surface area contributed by atoms with Crippen molar-refractivity contribution in [3.63, 3.8) is 0 Å². The molecule has 152 valence electrons. The highest BCUT2D eigenvalue weighted by atomic mass is 127. The molecule has 1 aromatic carbocycles. The molecule has 0 atom stereocenters. The van der Waals surface area contributed by atoms with E-state index in [1.165, 1.54) is 11.1 Å². The molecule has 0 fully saturated rings. The molecule has 0 saturated carbocycles. The molecule has 0 amide bonds. The minimum Gasteiger partial charge on any atom is -0.357 e. The fourth-order valence-corrected chi connectivity index (χ4v) is 3.43. The second-order valence-electron chi connectivity index (χ2n) is 6.91. The van der Waals surface area contributed by atoms with E-state index in [0.717, 1.165) is 70.2 Å². The zero-order valence-electron chi connectivity index (χ0n) is 16.7. The lowest BCUT2D eigenvalue weighted by molar-refractivity contribution is 0.252. The Hall–Kier alpha value is -1.67. The van der Waals surface area contributed by atoms with Gasteiger partial charge >= 0.3 is 0 Å². The molecule has 0 bridgehead atoms. The predicted molar refractivity (Wildman–Crippen MR) is 127 cm³/mol. The van der Waals surface area contributed by atoms with Gasteiger partial charge in [0.2, 0.25) is 0 Å². The molecule has 0 unspecified atom stereocenters. The van der Waals surface area contributed by atoms with Gasteiger partial charge in [0.15, 0.2) is 5.96 Å². The van der Waals surface area contributed by atoms with Crippen LogP contribution in [-0.2, 0) is 19.4 Å². The van der Waals surface area contributed by atoms with Crippen LogP contribution in [-0.4, -0.2) is 48.6 Å². The smallest absolute Gasteiger partial charge is 0.191 e. The summed E-state index contributed by atoms with van der Waals surface area (Å²) in [4.78, 5) is 11.6. The maximum absolute atomic E-state index is 4.72. The van der Waals surface area contributed by atoms with Gasteiger partial charge in [-0.3, -0.25) is 14.9 Å². The SMILES string of the molecule is CCNC(=NCCCN1CCc2ccccc2C1)NCCc1ccccn1.I. The Balaban J connectivity index is 0.00000280. The maximum atomic E-state index is 4.72. The molecule has 1 aromatic heterocycles. The Bertz CT molecular complexity index is 720. The first-order chi connectivity index (χ1) is 13.3. The largest absolute Gasteiger partial charge is 0.357 e. The van der Waals surface area contributed by atoms with E-state index in [1.54, 1.807) is 0 Å². The molecule has 2 N–H and O–H groups in total. The van der Waals surface area contributed by atoms with E-state index in [-0.39, 0.29) is 24.0 Å². The third kappa shape index (κ3) is 7.39. The summed E-state index contributed by atoms with van der Waals surface area (Å²) in [6.07, 6.45) is 4.99. The molecule has 5 nitrogen and oxygen atoms in total. The second kappa shape index (κ2) is 12.7. The van der Waals surface area contributed by atoms with E-state index in [9.17, 15) is 0 Å². The van der Waals surface area contributed by atoms with Crippen LogP contribution in [0.25, 0.3) is 0 Å². The molecule has 2 heterocycles. The van der Waals surface area contributed by atoms with Crippen LogP contribution in [0.3, 0.4) is 0 Å². The number of benzene rings is 1. The van der Waals surface area contributed by atoms with E-state index in [1.807, 2.05) is 18.3 Å². The minimum atomic E-state index is 0. The number of hydrogen-bond donors (Lipinski definition) is 2. The molecule has 3 rings (SSSR count). The van der Waals surface area contributed by atoms with Crippen LogP contribution < -0.4 is 10.6 Å². The summed E-state index contributed by atoms with van der Waals surface area (Å²) in [6, 6.07) is 14.8. The van der Waals surface area contributed by atoms with Crippen molar-refractivity contribution >= 4 is 29.9 Å². The monoisotopic (exact) mass is 493 g/mol. The van der Waals surface area contributed by atoms with Crippen molar-refractivity contribution in [3.8, 4) is 0 Å². The van der Waals surface area contributed by atoms with Gasteiger partial charge in [0.05, 0.1) is 0 Å². The minimum absolute atomic E-state index is 0. The number of guanidine groups is 1. The molecule has 1 aliphatic rings. The first-order valence-corrected chi connectivity index (χ1v) is 10.1. The summed E-state index contributed by atoms with van der Waals surface area (Å²) in [5, 5.41) is 6.73. The van der Waals surface area contributed by atoms with E-state index in [2.05, 4.69) is 57.8 Å². The van der Waals surface area contributed by atoms with E-state index < -0.39 is 0 Å². The zero-order chi connectivity index (χ0) is 18.7. The number of pyridine rings is 1. The van der Waals surface area contributed by atoms with Crippen molar-refractivity contribution in [2.45, 2.75) is 32.7 Å². The van der Waals surface area contributed by atoms with Crippen molar-refractivity contribution in [2.24, 2.45) is 4.99 Å². The molecule has 0 saturated heterocycles. The standard InChI is InChI=1S/C22H31N5.HI/c1-2-23-22(26-15-11-21-10-5-6-13-24-21)25-14-7-16-27-17-12-19-8-3-4-9-20(19)18-27;/h3-6,8-10,13H,2,7,11-12,14-18H2,1H3,(H2,23,25,26);1H. The van der Waals surface area contributed by atoms with Crippen molar-refractivity contribution in [1.29, 1.82) is 0 Å².